The SMILES string of the molecule is CCc1cc(C(=O)NCc2cccc(OC)c2)cc(Cl)n1. The number of aryl methyl sites for hydroxylation is 1. The Morgan fingerprint density at radius 3 is 2.86 bits per heavy atom. The predicted molar refractivity (Wildman–Crippen MR) is 82.8 cm³/mol. The third kappa shape index (κ3) is 4.20. The van der Waals surface area contributed by atoms with Gasteiger partial charge in [-0.15, -0.1) is 0 Å². The average molecular weight is 305 g/mol. The third-order valence-electron chi connectivity index (χ3n) is 3.06. The molecule has 0 spiro atoms. The van der Waals surface area contributed by atoms with Crippen molar-refractivity contribution in [2.45, 2.75) is 19.9 Å². The highest BCUT2D eigenvalue weighted by Crippen LogP contribution is 2.14. The molecule has 0 saturated heterocycles. The minimum absolute atomic E-state index is 0.170. The summed E-state index contributed by atoms with van der Waals surface area (Å²) in [5.41, 5.74) is 2.29. The number of amides is 1. The van der Waals surface area contributed by atoms with Gasteiger partial charge in [0.1, 0.15) is 10.9 Å². The summed E-state index contributed by atoms with van der Waals surface area (Å²) in [6.45, 7) is 2.40. The van der Waals surface area contributed by atoms with E-state index in [9.17, 15) is 4.79 Å². The lowest BCUT2D eigenvalue weighted by atomic mass is 10.1. The number of halogens is 1. The minimum Gasteiger partial charge on any atom is -0.497 e. The number of carbonyl (C=O) groups is 1. The molecule has 0 fully saturated rings. The van der Waals surface area contributed by atoms with Crippen molar-refractivity contribution in [2.24, 2.45) is 0 Å². The van der Waals surface area contributed by atoms with Gasteiger partial charge in [-0.05, 0) is 36.2 Å². The number of ether oxygens (including phenoxy) is 1. The van der Waals surface area contributed by atoms with Gasteiger partial charge < -0.3 is 10.1 Å². The molecule has 0 bridgehead atoms. The minimum atomic E-state index is -0.170. The summed E-state index contributed by atoms with van der Waals surface area (Å²) in [5, 5.41) is 3.20. The van der Waals surface area contributed by atoms with E-state index in [0.29, 0.717) is 17.3 Å². The summed E-state index contributed by atoms with van der Waals surface area (Å²) < 4.78 is 5.15. The Bertz CT molecular complexity index is 644. The van der Waals surface area contributed by atoms with Crippen LogP contribution in [0.15, 0.2) is 36.4 Å². The average Bonchev–Trinajstić information content (AvgIpc) is 2.52. The maximum atomic E-state index is 12.2. The number of nitrogens with one attached hydrogen (secondary N) is 1. The Hall–Kier alpha value is -2.07. The van der Waals surface area contributed by atoms with Crippen molar-refractivity contribution in [3.8, 4) is 5.75 Å². The standard InChI is InChI=1S/C16H17ClN2O2/c1-3-13-8-12(9-15(17)19-13)16(20)18-10-11-5-4-6-14(7-11)21-2/h4-9H,3,10H2,1-2H3,(H,18,20). The summed E-state index contributed by atoms with van der Waals surface area (Å²) >= 11 is 5.92. The molecule has 5 heteroatoms. The highest BCUT2D eigenvalue weighted by atomic mass is 35.5. The van der Waals surface area contributed by atoms with Gasteiger partial charge in [0.25, 0.3) is 5.91 Å². The van der Waals surface area contributed by atoms with Crippen LogP contribution in [0.1, 0.15) is 28.5 Å². The van der Waals surface area contributed by atoms with E-state index < -0.39 is 0 Å². The van der Waals surface area contributed by atoms with Crippen molar-refractivity contribution in [2.75, 3.05) is 7.11 Å². The molecule has 0 atom stereocenters. The Labute approximate surface area is 129 Å². The fourth-order valence-electron chi connectivity index (χ4n) is 1.93. The first-order valence-electron chi connectivity index (χ1n) is 6.70. The number of nitrogens with zero attached hydrogens (tertiary/aromatic N) is 1. The highest BCUT2D eigenvalue weighted by molar-refractivity contribution is 6.29. The molecule has 0 unspecified atom stereocenters. The molecule has 2 rings (SSSR count). The molecule has 4 nitrogen and oxygen atoms in total. The van der Waals surface area contributed by atoms with Crippen molar-refractivity contribution in [3.05, 3.63) is 58.4 Å². The van der Waals surface area contributed by atoms with E-state index in [4.69, 9.17) is 16.3 Å². The molecule has 0 aliphatic carbocycles. The zero-order valence-electron chi connectivity index (χ0n) is 12.0. The van der Waals surface area contributed by atoms with Crippen molar-refractivity contribution in [1.29, 1.82) is 0 Å². The summed E-state index contributed by atoms with van der Waals surface area (Å²) in [6, 6.07) is 10.9. The van der Waals surface area contributed by atoms with E-state index in [1.165, 1.54) is 0 Å². The molecule has 0 aliphatic rings. The fourth-order valence-corrected chi connectivity index (χ4v) is 2.16. The molecule has 0 aliphatic heterocycles. The molecule has 1 heterocycles. The molecule has 0 radical (unpaired) electrons. The first kappa shape index (κ1) is 15.3. The molecule has 1 aromatic heterocycles. The van der Waals surface area contributed by atoms with Gasteiger partial charge in [-0.2, -0.15) is 0 Å². The number of carbonyl (C=O) groups excluding carboxylic acids is 1. The highest BCUT2D eigenvalue weighted by Gasteiger charge is 2.08. The number of benzene rings is 1. The van der Waals surface area contributed by atoms with E-state index in [2.05, 4.69) is 10.3 Å². The van der Waals surface area contributed by atoms with Crippen LogP contribution in [0.25, 0.3) is 0 Å². The Morgan fingerprint density at radius 2 is 2.14 bits per heavy atom. The first-order chi connectivity index (χ1) is 10.1. The van der Waals surface area contributed by atoms with Crippen LogP contribution in [0, 0.1) is 0 Å². The number of rotatable bonds is 5. The first-order valence-corrected chi connectivity index (χ1v) is 7.07. The van der Waals surface area contributed by atoms with Gasteiger partial charge in [-0.3, -0.25) is 4.79 Å². The molecule has 1 amide bonds. The summed E-state index contributed by atoms with van der Waals surface area (Å²) in [5.74, 6) is 0.596. The van der Waals surface area contributed by atoms with Crippen molar-refractivity contribution < 1.29 is 9.53 Å². The topological polar surface area (TPSA) is 51.2 Å². The molecule has 2 aromatic rings. The van der Waals surface area contributed by atoms with Gasteiger partial charge in [-0.25, -0.2) is 4.98 Å². The Morgan fingerprint density at radius 1 is 1.33 bits per heavy atom. The van der Waals surface area contributed by atoms with E-state index in [1.54, 1.807) is 19.2 Å². The van der Waals surface area contributed by atoms with Crippen LogP contribution in [0.3, 0.4) is 0 Å². The van der Waals surface area contributed by atoms with Gasteiger partial charge in [0.2, 0.25) is 0 Å². The van der Waals surface area contributed by atoms with Crippen LogP contribution in [0.2, 0.25) is 5.15 Å². The largest absolute Gasteiger partial charge is 0.497 e. The van der Waals surface area contributed by atoms with Crippen LogP contribution >= 0.6 is 11.6 Å². The van der Waals surface area contributed by atoms with Crippen LogP contribution < -0.4 is 10.1 Å². The summed E-state index contributed by atoms with van der Waals surface area (Å²) in [7, 11) is 1.61. The Balaban J connectivity index is 2.06. The smallest absolute Gasteiger partial charge is 0.251 e. The van der Waals surface area contributed by atoms with Gasteiger partial charge in [0.15, 0.2) is 0 Å². The zero-order valence-corrected chi connectivity index (χ0v) is 12.8. The predicted octanol–water partition coefficient (Wildman–Crippen LogP) is 3.24. The van der Waals surface area contributed by atoms with Crippen molar-refractivity contribution in [1.82, 2.24) is 10.3 Å². The summed E-state index contributed by atoms with van der Waals surface area (Å²) in [4.78, 5) is 16.3. The number of methoxy groups -OCH3 is 1. The van der Waals surface area contributed by atoms with Gasteiger partial charge in [0.05, 0.1) is 7.11 Å². The normalized spacial score (nSPS) is 10.2. The lowest BCUT2D eigenvalue weighted by Gasteiger charge is -2.08. The van der Waals surface area contributed by atoms with E-state index >= 15 is 0 Å². The molecular formula is C16H17ClN2O2. The van der Waals surface area contributed by atoms with E-state index in [0.717, 1.165) is 23.4 Å². The Kier molecular flexibility index (Phi) is 5.17. The molecular weight excluding hydrogens is 288 g/mol. The van der Waals surface area contributed by atoms with Gasteiger partial charge in [0, 0.05) is 17.8 Å². The van der Waals surface area contributed by atoms with E-state index in [1.807, 2.05) is 31.2 Å². The van der Waals surface area contributed by atoms with Crippen LogP contribution in [-0.4, -0.2) is 18.0 Å². The zero-order chi connectivity index (χ0) is 15.2. The van der Waals surface area contributed by atoms with Gasteiger partial charge in [-0.1, -0.05) is 30.7 Å². The number of hydrogen-bond acceptors (Lipinski definition) is 3. The van der Waals surface area contributed by atoms with Gasteiger partial charge >= 0.3 is 0 Å². The number of pyridine rings is 1. The second kappa shape index (κ2) is 7.09. The lowest BCUT2D eigenvalue weighted by Crippen LogP contribution is -2.23. The summed E-state index contributed by atoms with van der Waals surface area (Å²) in [6.07, 6.45) is 0.733. The molecule has 21 heavy (non-hydrogen) atoms. The monoisotopic (exact) mass is 304 g/mol. The molecule has 0 saturated carbocycles. The fraction of sp³-hybridized carbons (Fsp3) is 0.250. The number of aromatic nitrogens is 1. The molecule has 1 aromatic carbocycles. The van der Waals surface area contributed by atoms with Crippen molar-refractivity contribution >= 4 is 17.5 Å². The van der Waals surface area contributed by atoms with E-state index in [-0.39, 0.29) is 5.91 Å². The van der Waals surface area contributed by atoms with Crippen LogP contribution in [0.4, 0.5) is 0 Å². The van der Waals surface area contributed by atoms with Crippen molar-refractivity contribution in [3.63, 3.8) is 0 Å². The third-order valence-corrected chi connectivity index (χ3v) is 3.25. The molecule has 110 valence electrons. The maximum absolute atomic E-state index is 12.2. The second-order valence-corrected chi connectivity index (χ2v) is 4.94. The maximum Gasteiger partial charge on any atom is 0.251 e. The second-order valence-electron chi connectivity index (χ2n) is 4.56. The number of hydrogen-bond donors (Lipinski definition) is 1. The van der Waals surface area contributed by atoms with Crippen LogP contribution in [-0.2, 0) is 13.0 Å². The van der Waals surface area contributed by atoms with Crippen LogP contribution in [0.5, 0.6) is 5.75 Å². The lowest BCUT2D eigenvalue weighted by molar-refractivity contribution is 0.0950. The quantitative estimate of drug-likeness (QED) is 0.863. The molecule has 1 N–H and O–H groups in total.